The van der Waals surface area contributed by atoms with Gasteiger partial charge in [-0.25, -0.2) is 0 Å². The summed E-state index contributed by atoms with van der Waals surface area (Å²) in [7, 11) is 0. The minimum atomic E-state index is 0.795. The Morgan fingerprint density at radius 1 is 1.13 bits per heavy atom. The maximum absolute atomic E-state index is 2.42. The molecule has 0 saturated carbocycles. The lowest BCUT2D eigenvalue weighted by Gasteiger charge is -2.00. The monoisotopic (exact) mass is 214 g/mol. The van der Waals surface area contributed by atoms with Crippen molar-refractivity contribution in [3.05, 3.63) is 34.0 Å². The van der Waals surface area contributed by atoms with Crippen molar-refractivity contribution in [1.82, 2.24) is 0 Å². The second-order valence-electron chi connectivity index (χ2n) is 4.36. The second kappa shape index (κ2) is 3.49. The smallest absolute Gasteiger partial charge is 0.0355 e. The average molecular weight is 214 g/mol. The van der Waals surface area contributed by atoms with E-state index in [1.54, 1.807) is 0 Å². The standard InChI is InChI=1S/C14H14S/c1-10-6-8-12-11-4-2-3-5-13(11)15-14(12)9-7-10/h2-5,8-10H,6-7H2,1H3. The fraction of sp³-hybridized carbons (Fsp3) is 0.286. The first kappa shape index (κ1) is 9.17. The molecule has 1 aromatic heterocycles. The molecule has 1 aliphatic rings. The molecule has 0 radical (unpaired) electrons. The maximum Gasteiger partial charge on any atom is 0.0355 e. The Bertz CT molecular complexity index is 604. The first-order chi connectivity index (χ1) is 7.34. The van der Waals surface area contributed by atoms with E-state index in [0.29, 0.717) is 0 Å². The number of benzene rings is 1. The molecule has 15 heavy (non-hydrogen) atoms. The lowest BCUT2D eigenvalue weighted by Crippen LogP contribution is -2.16. The van der Waals surface area contributed by atoms with Gasteiger partial charge in [0.1, 0.15) is 0 Å². The van der Waals surface area contributed by atoms with Gasteiger partial charge in [-0.15, -0.1) is 11.3 Å². The Hall–Kier alpha value is -1.08. The molecule has 0 bridgehead atoms. The van der Waals surface area contributed by atoms with Gasteiger partial charge in [-0.05, 0) is 35.4 Å². The minimum Gasteiger partial charge on any atom is -0.136 e. The maximum atomic E-state index is 2.42. The van der Waals surface area contributed by atoms with Crippen LogP contribution in [0.4, 0.5) is 0 Å². The summed E-state index contributed by atoms with van der Waals surface area (Å²) in [6, 6.07) is 8.73. The number of hydrogen-bond donors (Lipinski definition) is 0. The van der Waals surface area contributed by atoms with Crippen LogP contribution in [0.2, 0.25) is 0 Å². The highest BCUT2D eigenvalue weighted by Gasteiger charge is 2.05. The molecular weight excluding hydrogens is 200 g/mol. The van der Waals surface area contributed by atoms with E-state index >= 15 is 0 Å². The molecule has 0 nitrogen and oxygen atoms in total. The molecule has 1 heteroatoms. The largest absolute Gasteiger partial charge is 0.136 e. The van der Waals surface area contributed by atoms with Gasteiger partial charge in [0.25, 0.3) is 0 Å². The Labute approximate surface area is 93.6 Å². The van der Waals surface area contributed by atoms with Crippen molar-refractivity contribution >= 4 is 33.6 Å². The highest BCUT2D eigenvalue weighted by atomic mass is 32.1. The Kier molecular flexibility index (Phi) is 2.14. The van der Waals surface area contributed by atoms with Crippen LogP contribution in [-0.2, 0) is 0 Å². The van der Waals surface area contributed by atoms with E-state index in [4.69, 9.17) is 0 Å². The number of rotatable bonds is 0. The third kappa shape index (κ3) is 1.51. The summed E-state index contributed by atoms with van der Waals surface area (Å²) in [4.78, 5) is 0. The molecule has 1 heterocycles. The molecule has 0 spiro atoms. The van der Waals surface area contributed by atoms with Crippen LogP contribution in [0.25, 0.3) is 22.2 Å². The van der Waals surface area contributed by atoms with E-state index in [1.807, 2.05) is 11.3 Å². The summed E-state index contributed by atoms with van der Waals surface area (Å²) in [5, 5.41) is 2.91. The van der Waals surface area contributed by atoms with Crippen molar-refractivity contribution in [3.8, 4) is 0 Å². The zero-order chi connectivity index (χ0) is 10.3. The molecule has 0 fully saturated rings. The van der Waals surface area contributed by atoms with E-state index in [9.17, 15) is 0 Å². The van der Waals surface area contributed by atoms with Gasteiger partial charge >= 0.3 is 0 Å². The van der Waals surface area contributed by atoms with Gasteiger partial charge in [0.15, 0.2) is 0 Å². The molecule has 0 N–H and O–H groups in total. The van der Waals surface area contributed by atoms with Gasteiger partial charge in [0.05, 0.1) is 0 Å². The highest BCUT2D eigenvalue weighted by Crippen LogP contribution is 2.16. The van der Waals surface area contributed by atoms with E-state index in [-0.39, 0.29) is 0 Å². The molecule has 0 saturated heterocycles. The van der Waals surface area contributed by atoms with Crippen molar-refractivity contribution < 1.29 is 0 Å². The van der Waals surface area contributed by atoms with E-state index in [0.717, 1.165) is 5.92 Å². The molecule has 2 aromatic rings. The molecule has 0 amide bonds. The van der Waals surface area contributed by atoms with Gasteiger partial charge in [-0.1, -0.05) is 37.3 Å². The van der Waals surface area contributed by atoms with E-state index in [2.05, 4.69) is 43.3 Å². The van der Waals surface area contributed by atoms with Gasteiger partial charge in [0, 0.05) is 9.23 Å². The minimum absolute atomic E-state index is 0.795. The summed E-state index contributed by atoms with van der Waals surface area (Å²) in [6.07, 6.45) is 7.26. The average Bonchev–Trinajstić information content (AvgIpc) is 2.51. The fourth-order valence-corrected chi connectivity index (χ4v) is 3.32. The van der Waals surface area contributed by atoms with Crippen LogP contribution >= 0.6 is 11.3 Å². The molecule has 0 aliphatic heterocycles. The zero-order valence-electron chi connectivity index (χ0n) is 8.86. The third-order valence-electron chi connectivity index (χ3n) is 3.09. The lowest BCUT2D eigenvalue weighted by molar-refractivity contribution is 0.636. The van der Waals surface area contributed by atoms with Crippen molar-refractivity contribution in [1.29, 1.82) is 0 Å². The number of hydrogen-bond acceptors (Lipinski definition) is 1. The number of thiophene rings is 1. The lowest BCUT2D eigenvalue weighted by atomic mass is 10.1. The van der Waals surface area contributed by atoms with Crippen molar-refractivity contribution in [2.45, 2.75) is 19.8 Å². The third-order valence-corrected chi connectivity index (χ3v) is 4.27. The molecule has 1 aromatic carbocycles. The van der Waals surface area contributed by atoms with Crippen molar-refractivity contribution in [2.24, 2.45) is 5.92 Å². The fourth-order valence-electron chi connectivity index (χ4n) is 2.17. The molecule has 3 rings (SSSR count). The highest BCUT2D eigenvalue weighted by molar-refractivity contribution is 7.17. The predicted octanol–water partition coefficient (Wildman–Crippen LogP) is 2.89. The first-order valence-electron chi connectivity index (χ1n) is 5.52. The first-order valence-corrected chi connectivity index (χ1v) is 6.34. The topological polar surface area (TPSA) is 0 Å². The van der Waals surface area contributed by atoms with Crippen LogP contribution in [-0.4, -0.2) is 0 Å². The van der Waals surface area contributed by atoms with Gasteiger partial charge in [-0.2, -0.15) is 0 Å². The van der Waals surface area contributed by atoms with Crippen molar-refractivity contribution in [3.63, 3.8) is 0 Å². The Morgan fingerprint density at radius 3 is 2.87 bits per heavy atom. The molecular formula is C14H14S. The quantitative estimate of drug-likeness (QED) is 0.632. The van der Waals surface area contributed by atoms with Gasteiger partial charge in [-0.3, -0.25) is 0 Å². The molecule has 1 unspecified atom stereocenters. The Balaban J connectivity index is 2.41. The van der Waals surface area contributed by atoms with E-state index < -0.39 is 0 Å². The van der Waals surface area contributed by atoms with Crippen LogP contribution in [0.1, 0.15) is 19.8 Å². The summed E-state index contributed by atoms with van der Waals surface area (Å²) in [5.41, 5.74) is 0. The zero-order valence-corrected chi connectivity index (χ0v) is 9.68. The van der Waals surface area contributed by atoms with Crippen molar-refractivity contribution in [2.75, 3.05) is 0 Å². The normalized spacial score (nSPS) is 20.2. The second-order valence-corrected chi connectivity index (χ2v) is 5.44. The summed E-state index contributed by atoms with van der Waals surface area (Å²) < 4.78 is 2.89. The molecule has 1 atom stereocenters. The van der Waals surface area contributed by atoms with Gasteiger partial charge < -0.3 is 0 Å². The SMILES string of the molecule is CC1CC=c2sc3ccccc3c2=CC1. The number of fused-ring (bicyclic) bond motifs is 3. The summed E-state index contributed by atoms with van der Waals surface area (Å²) >= 11 is 1.93. The van der Waals surface area contributed by atoms with Crippen LogP contribution in [0.5, 0.6) is 0 Å². The van der Waals surface area contributed by atoms with Crippen LogP contribution in [0.3, 0.4) is 0 Å². The van der Waals surface area contributed by atoms with Crippen LogP contribution in [0, 0.1) is 5.92 Å². The van der Waals surface area contributed by atoms with E-state index in [1.165, 1.54) is 32.7 Å². The van der Waals surface area contributed by atoms with Crippen LogP contribution < -0.4 is 9.75 Å². The predicted molar refractivity (Wildman–Crippen MR) is 68.4 cm³/mol. The molecule has 76 valence electrons. The molecule has 1 aliphatic carbocycles. The van der Waals surface area contributed by atoms with Crippen LogP contribution in [0.15, 0.2) is 24.3 Å². The summed E-state index contributed by atoms with van der Waals surface area (Å²) in [5.74, 6) is 0.795. The summed E-state index contributed by atoms with van der Waals surface area (Å²) in [6.45, 7) is 2.33. The van der Waals surface area contributed by atoms with Gasteiger partial charge in [0.2, 0.25) is 0 Å². The Morgan fingerprint density at radius 2 is 1.93 bits per heavy atom.